The molecule has 6 nitrogen and oxygen atoms in total. The van der Waals surface area contributed by atoms with Crippen LogP contribution in [0.15, 0.2) is 36.7 Å². The third kappa shape index (κ3) is 3.01. The van der Waals surface area contributed by atoms with E-state index in [0.29, 0.717) is 27.2 Å². The molecule has 2 saturated heterocycles. The van der Waals surface area contributed by atoms with Crippen LogP contribution in [0.5, 0.6) is 0 Å². The number of halogens is 2. The summed E-state index contributed by atoms with van der Waals surface area (Å²) in [4.78, 5) is 21.1. The fraction of sp³-hybridized carbons (Fsp3) is 0.333. The van der Waals surface area contributed by atoms with Crippen LogP contribution in [-0.2, 0) is 10.4 Å². The van der Waals surface area contributed by atoms with Crippen molar-refractivity contribution in [3.8, 4) is 11.1 Å². The first-order valence-electron chi connectivity index (χ1n) is 9.63. The van der Waals surface area contributed by atoms with E-state index in [1.807, 2.05) is 6.07 Å². The molecule has 2 aliphatic heterocycles. The highest BCUT2D eigenvalue weighted by Crippen LogP contribution is 2.39. The number of nitrogens with one attached hydrogen (secondary N) is 2. The van der Waals surface area contributed by atoms with Gasteiger partial charge in [-0.25, -0.2) is 9.37 Å². The molecule has 0 saturated carbocycles. The Bertz CT molecular complexity index is 1100. The third-order valence-electron chi connectivity index (χ3n) is 5.88. The highest BCUT2D eigenvalue weighted by Gasteiger charge is 2.47. The van der Waals surface area contributed by atoms with Gasteiger partial charge in [0.15, 0.2) is 5.82 Å². The van der Waals surface area contributed by atoms with E-state index in [-0.39, 0.29) is 30.9 Å². The topological polar surface area (TPSA) is 81.2 Å². The van der Waals surface area contributed by atoms with Crippen LogP contribution in [0.2, 0.25) is 5.02 Å². The van der Waals surface area contributed by atoms with Crippen LogP contribution >= 0.6 is 11.6 Å². The Hall–Kier alpha value is -2.48. The molecule has 0 bridgehead atoms. The first kappa shape index (κ1) is 18.5. The maximum atomic E-state index is 14.2. The minimum absolute atomic E-state index is 0.0297. The van der Waals surface area contributed by atoms with Crippen LogP contribution in [0, 0.1) is 5.82 Å². The molecule has 0 radical (unpaired) electrons. The summed E-state index contributed by atoms with van der Waals surface area (Å²) in [5.74, 6) is -0.349. The Balaban J connectivity index is 1.40. The van der Waals surface area contributed by atoms with Crippen molar-refractivity contribution >= 4 is 28.5 Å². The van der Waals surface area contributed by atoms with E-state index in [9.17, 15) is 14.3 Å². The first-order chi connectivity index (χ1) is 14.0. The Morgan fingerprint density at radius 2 is 2.17 bits per heavy atom. The minimum Gasteiger partial charge on any atom is -0.381 e. The summed E-state index contributed by atoms with van der Waals surface area (Å²) in [5.41, 5.74) is 1.28. The van der Waals surface area contributed by atoms with Crippen LogP contribution in [0.1, 0.15) is 18.4 Å². The maximum Gasteiger partial charge on any atom is 0.239 e. The smallest absolute Gasteiger partial charge is 0.239 e. The number of amides is 1. The second-order valence-electron chi connectivity index (χ2n) is 7.79. The molecule has 4 heterocycles. The predicted octanol–water partition coefficient (Wildman–Crippen LogP) is 2.80. The molecule has 2 fully saturated rings. The number of fused-ring (bicyclic) bond motifs is 1. The van der Waals surface area contributed by atoms with Crippen LogP contribution in [0.4, 0.5) is 4.39 Å². The summed E-state index contributed by atoms with van der Waals surface area (Å²) in [5, 5.41) is 15.0. The molecular weight excluding hydrogens is 395 g/mol. The normalized spacial score (nSPS) is 20.8. The average molecular weight is 415 g/mol. The molecule has 2 aliphatic rings. The lowest BCUT2D eigenvalue weighted by molar-refractivity contribution is -0.159. The molecule has 3 aromatic rings. The number of nitrogens with zero attached hydrogens (tertiary/aromatic N) is 2. The van der Waals surface area contributed by atoms with Crippen molar-refractivity contribution in [2.45, 2.75) is 24.5 Å². The molecular formula is C21H20ClFN4O2. The highest BCUT2D eigenvalue weighted by molar-refractivity contribution is 6.31. The molecule has 150 valence electrons. The molecule has 1 atom stereocenters. The van der Waals surface area contributed by atoms with Gasteiger partial charge in [-0.15, -0.1) is 0 Å². The summed E-state index contributed by atoms with van der Waals surface area (Å²) in [7, 11) is 0. The summed E-state index contributed by atoms with van der Waals surface area (Å²) < 4.78 is 14.2. The zero-order valence-corrected chi connectivity index (χ0v) is 16.3. The second kappa shape index (κ2) is 6.79. The number of rotatable bonds is 3. The van der Waals surface area contributed by atoms with Crippen LogP contribution in [-0.4, -0.2) is 51.6 Å². The van der Waals surface area contributed by atoms with Gasteiger partial charge in [0.05, 0.1) is 24.5 Å². The van der Waals surface area contributed by atoms with E-state index in [1.54, 1.807) is 29.3 Å². The summed E-state index contributed by atoms with van der Waals surface area (Å²) >= 11 is 6.50. The number of hydrogen-bond acceptors (Lipinski definition) is 4. The summed E-state index contributed by atoms with van der Waals surface area (Å²) in [6, 6.07) is 6.87. The average Bonchev–Trinajstić information content (AvgIpc) is 3.35. The number of β-amino-alcohol motifs (C(OH)–C–C–N with tert-alkyl or cyclic N) is 1. The van der Waals surface area contributed by atoms with Crippen molar-refractivity contribution in [2.24, 2.45) is 0 Å². The van der Waals surface area contributed by atoms with E-state index in [1.165, 1.54) is 6.20 Å². The van der Waals surface area contributed by atoms with E-state index in [4.69, 9.17) is 11.6 Å². The number of aromatic nitrogens is 2. The standard InChI is InChI=1S/C21H20ClFN4O2/c22-15-8-12(13-5-7-25-19-18(13)16(23)9-26-19)3-4-14(15)21(29)10-27(11-21)20(28)17-2-1-6-24-17/h3-5,7-9,17,24,29H,1-2,6,10-11H2,(H,25,26)/t17-/m0/s1. The lowest BCUT2D eigenvalue weighted by atomic mass is 9.84. The number of carbonyl (C=O) groups excluding carboxylic acids is 1. The van der Waals surface area contributed by atoms with Gasteiger partial charge in [-0.3, -0.25) is 4.79 Å². The van der Waals surface area contributed by atoms with Crippen molar-refractivity contribution in [3.63, 3.8) is 0 Å². The number of aliphatic hydroxyl groups is 1. The monoisotopic (exact) mass is 414 g/mol. The number of likely N-dealkylation sites (tertiary alicyclic amines) is 1. The molecule has 1 aromatic carbocycles. The highest BCUT2D eigenvalue weighted by atomic mass is 35.5. The van der Waals surface area contributed by atoms with Gasteiger partial charge in [0.25, 0.3) is 0 Å². The largest absolute Gasteiger partial charge is 0.381 e. The maximum absolute atomic E-state index is 14.2. The van der Waals surface area contributed by atoms with Crippen molar-refractivity contribution in [1.29, 1.82) is 0 Å². The van der Waals surface area contributed by atoms with Crippen molar-refractivity contribution < 1.29 is 14.3 Å². The van der Waals surface area contributed by atoms with Crippen molar-refractivity contribution in [1.82, 2.24) is 20.2 Å². The predicted molar refractivity (Wildman–Crippen MR) is 108 cm³/mol. The fourth-order valence-electron chi connectivity index (χ4n) is 4.34. The van der Waals surface area contributed by atoms with Crippen molar-refractivity contribution in [3.05, 3.63) is 53.1 Å². The quantitative estimate of drug-likeness (QED) is 0.615. The fourth-order valence-corrected chi connectivity index (χ4v) is 4.70. The van der Waals surface area contributed by atoms with Gasteiger partial charge in [-0.2, -0.15) is 0 Å². The molecule has 0 unspecified atom stereocenters. The Labute approximate surface area is 171 Å². The zero-order chi connectivity index (χ0) is 20.2. The lowest BCUT2D eigenvalue weighted by Gasteiger charge is -2.47. The van der Waals surface area contributed by atoms with Crippen LogP contribution in [0.25, 0.3) is 22.2 Å². The third-order valence-corrected chi connectivity index (χ3v) is 6.19. The molecule has 5 rings (SSSR count). The summed E-state index contributed by atoms with van der Waals surface area (Å²) in [6.45, 7) is 1.29. The molecule has 0 spiro atoms. The lowest BCUT2D eigenvalue weighted by Crippen LogP contribution is -2.63. The SMILES string of the molecule is O=C([C@@H]1CCCN1)N1CC(O)(c2ccc(-c3ccnc4[nH]cc(F)c34)cc2Cl)C1. The summed E-state index contributed by atoms with van der Waals surface area (Å²) in [6.07, 6.45) is 4.71. The molecule has 2 aromatic heterocycles. The van der Waals surface area contributed by atoms with Gasteiger partial charge < -0.3 is 20.3 Å². The van der Waals surface area contributed by atoms with Crippen molar-refractivity contribution in [2.75, 3.05) is 19.6 Å². The number of benzene rings is 1. The Morgan fingerprint density at radius 3 is 2.90 bits per heavy atom. The number of H-pyrrole nitrogens is 1. The van der Waals surface area contributed by atoms with Crippen LogP contribution in [0.3, 0.4) is 0 Å². The zero-order valence-electron chi connectivity index (χ0n) is 15.6. The molecule has 29 heavy (non-hydrogen) atoms. The molecule has 3 N–H and O–H groups in total. The first-order valence-corrected chi connectivity index (χ1v) is 10.0. The molecule has 1 amide bonds. The second-order valence-corrected chi connectivity index (χ2v) is 8.20. The van der Waals surface area contributed by atoms with Gasteiger partial charge >= 0.3 is 0 Å². The Morgan fingerprint density at radius 1 is 1.34 bits per heavy atom. The number of carbonyl (C=O) groups is 1. The van der Waals surface area contributed by atoms with Gasteiger partial charge in [0, 0.05) is 23.0 Å². The number of aromatic amines is 1. The van der Waals surface area contributed by atoms with E-state index in [0.717, 1.165) is 24.9 Å². The van der Waals surface area contributed by atoms with E-state index < -0.39 is 5.60 Å². The van der Waals surface area contributed by atoms with Gasteiger partial charge in [0.1, 0.15) is 11.2 Å². The van der Waals surface area contributed by atoms with Gasteiger partial charge in [0.2, 0.25) is 5.91 Å². The molecule has 8 heteroatoms. The van der Waals surface area contributed by atoms with Gasteiger partial charge in [-0.05, 0) is 42.6 Å². The number of pyridine rings is 1. The number of hydrogen-bond donors (Lipinski definition) is 3. The van der Waals surface area contributed by atoms with Gasteiger partial charge in [-0.1, -0.05) is 23.7 Å². The minimum atomic E-state index is -1.17. The van der Waals surface area contributed by atoms with E-state index >= 15 is 0 Å². The Kier molecular flexibility index (Phi) is 4.34. The van der Waals surface area contributed by atoms with E-state index in [2.05, 4.69) is 15.3 Å². The molecule has 0 aliphatic carbocycles. The van der Waals surface area contributed by atoms with Crippen LogP contribution < -0.4 is 5.32 Å².